The number of aliphatic hydroxyl groups excluding tert-OH is 1. The van der Waals surface area contributed by atoms with E-state index in [-0.39, 0.29) is 18.6 Å². The van der Waals surface area contributed by atoms with Crippen molar-refractivity contribution in [1.82, 2.24) is 20.2 Å². The third-order valence-electron chi connectivity index (χ3n) is 6.66. The van der Waals surface area contributed by atoms with Gasteiger partial charge in [0, 0.05) is 55.4 Å². The number of fused-ring (bicyclic) bond motifs is 3. The largest absolute Gasteiger partial charge is 0.395 e. The van der Waals surface area contributed by atoms with Gasteiger partial charge in [-0.3, -0.25) is 14.8 Å². The highest BCUT2D eigenvalue weighted by atomic mass is 16.3. The fraction of sp³-hybridized carbons (Fsp3) is 0.357. The van der Waals surface area contributed by atoms with Crippen LogP contribution in [0.4, 0.5) is 5.69 Å². The number of anilines is 1. The van der Waals surface area contributed by atoms with Crippen molar-refractivity contribution in [3.8, 4) is 0 Å². The van der Waals surface area contributed by atoms with Crippen LogP contribution in [0.5, 0.6) is 0 Å². The van der Waals surface area contributed by atoms with Gasteiger partial charge in [-0.15, -0.1) is 0 Å². The Morgan fingerprint density at radius 1 is 1.31 bits per heavy atom. The molecule has 0 spiro atoms. The molecule has 0 radical (unpaired) electrons. The van der Waals surface area contributed by atoms with Crippen LogP contribution in [-0.2, 0) is 6.42 Å². The fourth-order valence-electron chi connectivity index (χ4n) is 4.89. The minimum Gasteiger partial charge on any atom is -0.395 e. The predicted octanol–water partition coefficient (Wildman–Crippen LogP) is 3.83. The third kappa shape index (κ3) is 4.95. The molecule has 0 bridgehead atoms. The summed E-state index contributed by atoms with van der Waals surface area (Å²) in [6.07, 6.45) is 9.10. The summed E-state index contributed by atoms with van der Waals surface area (Å²) in [6, 6.07) is 9.96. The van der Waals surface area contributed by atoms with Gasteiger partial charge >= 0.3 is 0 Å². The van der Waals surface area contributed by atoms with Crippen molar-refractivity contribution in [3.05, 3.63) is 71.3 Å². The van der Waals surface area contributed by atoms with Gasteiger partial charge in [0.25, 0.3) is 5.91 Å². The number of hydrogen-bond acceptors (Lipinski definition) is 7. The first-order chi connectivity index (χ1) is 17.5. The van der Waals surface area contributed by atoms with Crippen molar-refractivity contribution < 1.29 is 9.90 Å². The number of carbonyl (C=O) groups is 1. The number of rotatable bonds is 10. The summed E-state index contributed by atoms with van der Waals surface area (Å²) in [6.45, 7) is 5.08. The molecule has 1 unspecified atom stereocenters. The lowest BCUT2D eigenvalue weighted by Gasteiger charge is -2.41. The number of benzene rings is 1. The summed E-state index contributed by atoms with van der Waals surface area (Å²) in [5, 5.41) is 21.3. The Labute approximate surface area is 212 Å². The molecule has 188 valence electrons. The van der Waals surface area contributed by atoms with Crippen LogP contribution in [-0.4, -0.2) is 65.0 Å². The standard InChI is InChI=1S/C28H34N6O2/c1-4-6-19(2)34-18-33(11-12-35)27-24(28(34)36)14-21(23-7-5-10-31-26(23)27)13-20-8-9-25(32-16-20)22(15-29)17-30-3/h5,7-10,14-17,19,29-30,35H,4,6,11-13,18H2,1-3H3/b22-17+,29-15?. The summed E-state index contributed by atoms with van der Waals surface area (Å²) in [5.74, 6) is 0.00948. The van der Waals surface area contributed by atoms with Crippen LogP contribution in [0.15, 0.2) is 48.9 Å². The number of nitrogens with zero attached hydrogens (tertiary/aromatic N) is 4. The van der Waals surface area contributed by atoms with E-state index in [1.807, 2.05) is 41.4 Å². The molecule has 8 heteroatoms. The summed E-state index contributed by atoms with van der Waals surface area (Å²) < 4.78 is 0. The Morgan fingerprint density at radius 2 is 2.14 bits per heavy atom. The third-order valence-corrected chi connectivity index (χ3v) is 6.66. The molecule has 0 fully saturated rings. The molecule has 36 heavy (non-hydrogen) atoms. The van der Waals surface area contributed by atoms with E-state index in [0.29, 0.717) is 30.8 Å². The summed E-state index contributed by atoms with van der Waals surface area (Å²) in [4.78, 5) is 26.9. The Bertz CT molecular complexity index is 1270. The molecular weight excluding hydrogens is 452 g/mol. The Balaban J connectivity index is 1.78. The topological polar surface area (TPSA) is 105 Å². The number of nitrogens with one attached hydrogen (secondary N) is 2. The maximum Gasteiger partial charge on any atom is 0.257 e. The molecule has 3 aromatic rings. The zero-order chi connectivity index (χ0) is 25.7. The lowest BCUT2D eigenvalue weighted by Crippen LogP contribution is -2.51. The first kappa shape index (κ1) is 25.3. The van der Waals surface area contributed by atoms with Crippen molar-refractivity contribution in [2.45, 2.75) is 39.2 Å². The van der Waals surface area contributed by atoms with Gasteiger partial charge in [0.05, 0.1) is 35.7 Å². The van der Waals surface area contributed by atoms with Crippen molar-refractivity contribution >= 4 is 34.3 Å². The first-order valence-corrected chi connectivity index (χ1v) is 12.4. The van der Waals surface area contributed by atoms with Crippen LogP contribution in [0.1, 0.15) is 53.9 Å². The Morgan fingerprint density at radius 3 is 2.81 bits per heavy atom. The van der Waals surface area contributed by atoms with Gasteiger partial charge in [-0.05, 0) is 49.1 Å². The average molecular weight is 487 g/mol. The number of hydrogen-bond donors (Lipinski definition) is 3. The summed E-state index contributed by atoms with van der Waals surface area (Å²) >= 11 is 0. The lowest BCUT2D eigenvalue weighted by atomic mass is 9.94. The maximum absolute atomic E-state index is 13.7. The van der Waals surface area contributed by atoms with Gasteiger partial charge in [0.1, 0.15) is 0 Å². The monoisotopic (exact) mass is 486 g/mol. The summed E-state index contributed by atoms with van der Waals surface area (Å²) in [7, 11) is 1.79. The molecule has 1 aromatic carbocycles. The summed E-state index contributed by atoms with van der Waals surface area (Å²) in [5.41, 5.74) is 5.64. The normalized spacial score (nSPS) is 14.7. The van der Waals surface area contributed by atoms with E-state index in [1.165, 1.54) is 6.21 Å². The molecule has 0 aliphatic carbocycles. The van der Waals surface area contributed by atoms with E-state index in [2.05, 4.69) is 34.0 Å². The lowest BCUT2D eigenvalue weighted by molar-refractivity contribution is 0.0664. The average Bonchev–Trinajstić information content (AvgIpc) is 2.89. The molecule has 1 aliphatic heterocycles. The predicted molar refractivity (Wildman–Crippen MR) is 144 cm³/mol. The molecule has 4 rings (SSSR count). The smallest absolute Gasteiger partial charge is 0.257 e. The highest BCUT2D eigenvalue weighted by Gasteiger charge is 2.34. The van der Waals surface area contributed by atoms with Crippen molar-refractivity contribution in [1.29, 1.82) is 5.41 Å². The van der Waals surface area contributed by atoms with Crippen LogP contribution < -0.4 is 10.2 Å². The molecule has 2 aromatic heterocycles. The van der Waals surface area contributed by atoms with Gasteiger partial charge < -0.3 is 25.6 Å². The van der Waals surface area contributed by atoms with Crippen molar-refractivity contribution in [3.63, 3.8) is 0 Å². The molecular formula is C28H34N6O2. The number of carbonyl (C=O) groups excluding carboxylic acids is 1. The second-order valence-electron chi connectivity index (χ2n) is 9.13. The van der Waals surface area contributed by atoms with Gasteiger partial charge in [0.2, 0.25) is 0 Å². The number of amides is 1. The highest BCUT2D eigenvalue weighted by molar-refractivity contribution is 6.10. The number of β-amino-alcohol motifs (C(OH)–C–C–N with tert-alkyl or cyclic N) is 1. The molecule has 1 aliphatic rings. The van der Waals surface area contributed by atoms with Crippen molar-refractivity contribution in [2.24, 2.45) is 0 Å². The van der Waals surface area contributed by atoms with Gasteiger partial charge in [-0.2, -0.15) is 0 Å². The van der Waals surface area contributed by atoms with Crippen LogP contribution in [0.2, 0.25) is 0 Å². The van der Waals surface area contributed by atoms with E-state index in [0.717, 1.165) is 46.3 Å². The van der Waals surface area contributed by atoms with Crippen molar-refractivity contribution in [2.75, 3.05) is 31.8 Å². The Hall–Kier alpha value is -3.78. The minimum absolute atomic E-state index is 0.00252. The maximum atomic E-state index is 13.7. The quantitative estimate of drug-likeness (QED) is 0.376. The van der Waals surface area contributed by atoms with E-state index in [1.54, 1.807) is 19.4 Å². The second-order valence-corrected chi connectivity index (χ2v) is 9.13. The van der Waals surface area contributed by atoms with E-state index in [4.69, 9.17) is 5.41 Å². The molecule has 1 atom stereocenters. The van der Waals surface area contributed by atoms with Gasteiger partial charge in [-0.1, -0.05) is 25.5 Å². The van der Waals surface area contributed by atoms with Gasteiger partial charge in [-0.25, -0.2) is 0 Å². The van der Waals surface area contributed by atoms with E-state index in [9.17, 15) is 9.90 Å². The molecule has 8 nitrogen and oxygen atoms in total. The number of aromatic nitrogens is 2. The van der Waals surface area contributed by atoms with Crippen LogP contribution in [0.3, 0.4) is 0 Å². The molecule has 0 saturated carbocycles. The number of allylic oxidation sites excluding steroid dienone is 1. The van der Waals surface area contributed by atoms with Gasteiger partial charge in [0.15, 0.2) is 0 Å². The fourth-order valence-corrected chi connectivity index (χ4v) is 4.89. The number of aliphatic hydroxyl groups is 1. The van der Waals surface area contributed by atoms with Crippen LogP contribution in [0.25, 0.3) is 16.5 Å². The molecule has 0 saturated heterocycles. The molecule has 3 N–H and O–H groups in total. The molecule has 3 heterocycles. The zero-order valence-corrected chi connectivity index (χ0v) is 21.2. The zero-order valence-electron chi connectivity index (χ0n) is 21.2. The van der Waals surface area contributed by atoms with E-state index < -0.39 is 0 Å². The highest BCUT2D eigenvalue weighted by Crippen LogP contribution is 2.37. The first-order valence-electron chi connectivity index (χ1n) is 12.4. The molecule has 1 amide bonds. The van der Waals surface area contributed by atoms with Crippen LogP contribution in [0, 0.1) is 5.41 Å². The minimum atomic E-state index is -0.00252. The second kappa shape index (κ2) is 11.3. The number of pyridine rings is 2. The SMILES string of the molecule is CCCC(C)N1CN(CCO)c2c(cc(Cc3ccc(/C(C=N)=C/NC)nc3)c3cccnc23)C1=O. The van der Waals surface area contributed by atoms with E-state index >= 15 is 0 Å². The van der Waals surface area contributed by atoms with Crippen LogP contribution >= 0.6 is 0 Å². The Kier molecular flexibility index (Phi) is 7.95.